The summed E-state index contributed by atoms with van der Waals surface area (Å²) in [5.41, 5.74) is 0. The Kier molecular flexibility index (Phi) is 62.5. The fourth-order valence-electron chi connectivity index (χ4n) is 5.65. The summed E-state index contributed by atoms with van der Waals surface area (Å²) >= 11 is 1.71. The van der Waals surface area contributed by atoms with Crippen molar-refractivity contribution in [2.45, 2.75) is 263 Å². The molecule has 0 N–H and O–H groups in total. The van der Waals surface area contributed by atoms with E-state index in [0.717, 1.165) is 38.5 Å². The first-order valence-electron chi connectivity index (χ1n) is 22.0. The molecule has 0 aromatic carbocycles. The van der Waals surface area contributed by atoms with E-state index in [9.17, 15) is 29.7 Å². The molecule has 302 valence electrons. The number of hydrogen-bond acceptors (Lipinski definition) is 6. The van der Waals surface area contributed by atoms with Crippen molar-refractivity contribution in [1.29, 1.82) is 0 Å². The quantitative estimate of drug-likeness (QED) is 0.0458. The van der Waals surface area contributed by atoms with E-state index in [4.69, 9.17) is 0 Å². The third-order valence-electron chi connectivity index (χ3n) is 8.98. The first-order chi connectivity index (χ1) is 24.7. The van der Waals surface area contributed by atoms with Gasteiger partial charge in [-0.15, -0.1) is 0 Å². The first kappa shape index (κ1) is 56.9. The van der Waals surface area contributed by atoms with Crippen molar-refractivity contribution in [1.82, 2.24) is 0 Å². The van der Waals surface area contributed by atoms with Crippen molar-refractivity contribution in [3.8, 4) is 0 Å². The van der Waals surface area contributed by atoms with Gasteiger partial charge in [0.25, 0.3) is 0 Å². The van der Waals surface area contributed by atoms with Crippen molar-refractivity contribution in [3.63, 3.8) is 0 Å². The van der Waals surface area contributed by atoms with Gasteiger partial charge in [0.15, 0.2) is 0 Å². The third kappa shape index (κ3) is 75.1. The molecule has 0 radical (unpaired) electrons. The summed E-state index contributed by atoms with van der Waals surface area (Å²) in [5, 5.41) is 30.3. The molecule has 0 spiro atoms. The van der Waals surface area contributed by atoms with Gasteiger partial charge in [-0.1, -0.05) is 175 Å². The fraction of sp³-hybridized carbons (Fsp3) is 0.932. The minimum atomic E-state index is -0.909. The van der Waals surface area contributed by atoms with E-state index < -0.39 is 17.9 Å². The van der Waals surface area contributed by atoms with Crippen LogP contribution in [0.15, 0.2) is 0 Å². The molecule has 7 heteroatoms. The second-order valence-corrected chi connectivity index (χ2v) is 15.8. The van der Waals surface area contributed by atoms with Crippen LogP contribution in [-0.4, -0.2) is 40.4 Å². The number of carbonyl (C=O) groups excluding carboxylic acids is 3. The van der Waals surface area contributed by atoms with Crippen LogP contribution < -0.4 is 15.3 Å². The Hall–Kier alpha value is -0.791. The van der Waals surface area contributed by atoms with Crippen LogP contribution in [-0.2, 0) is 14.4 Å². The van der Waals surface area contributed by atoms with Crippen LogP contribution in [0.1, 0.15) is 259 Å². The Morgan fingerprint density at radius 2 is 0.451 bits per heavy atom. The molecule has 0 saturated carbocycles. The Balaban J connectivity index is -0.000000292. The standard InChI is InChI=1S/3C12H24O2.C8H17.Sn/c3*1-2-3-4-5-6-7-8-9-10-11-12(13)14;1-3-5-7-8-6-4-2;/h3*2-11H2,1H3,(H,13,14);1,3-8H2,2H3;/q;;;;+3/p-3. The zero-order chi connectivity index (χ0) is 38.9. The van der Waals surface area contributed by atoms with E-state index >= 15 is 0 Å². The number of carboxylic acid groups (broad SMARTS) is 3. The van der Waals surface area contributed by atoms with Crippen molar-refractivity contribution in [3.05, 3.63) is 0 Å². The fourth-order valence-corrected chi connectivity index (χ4v) is 6.36. The topological polar surface area (TPSA) is 120 Å². The molecular weight excluding hydrogens is 743 g/mol. The monoisotopic (exact) mass is 831 g/mol. The molecule has 0 aliphatic rings. The van der Waals surface area contributed by atoms with Crippen molar-refractivity contribution >= 4 is 40.4 Å². The van der Waals surface area contributed by atoms with E-state index in [1.807, 2.05) is 0 Å². The average molecular weight is 830 g/mol. The van der Waals surface area contributed by atoms with E-state index in [0.29, 0.717) is 0 Å². The van der Waals surface area contributed by atoms with Crippen LogP contribution in [0, 0.1) is 0 Å². The van der Waals surface area contributed by atoms with Crippen LogP contribution in [0.25, 0.3) is 0 Å². The predicted octanol–water partition coefficient (Wildman–Crippen LogP) is 10.9. The number of aliphatic carboxylic acids is 3. The van der Waals surface area contributed by atoms with Gasteiger partial charge in [-0.2, -0.15) is 0 Å². The molecule has 0 unspecified atom stereocenters. The van der Waals surface area contributed by atoms with Gasteiger partial charge in [0.2, 0.25) is 0 Å². The molecule has 0 rings (SSSR count). The van der Waals surface area contributed by atoms with E-state index in [-0.39, 0.29) is 19.3 Å². The third-order valence-corrected chi connectivity index (χ3v) is 9.99. The zero-order valence-corrected chi connectivity index (χ0v) is 37.5. The van der Waals surface area contributed by atoms with Crippen molar-refractivity contribution < 1.29 is 29.7 Å². The van der Waals surface area contributed by atoms with E-state index in [2.05, 4.69) is 27.7 Å². The molecule has 0 aromatic heterocycles. The molecule has 6 nitrogen and oxygen atoms in total. The van der Waals surface area contributed by atoms with Crippen LogP contribution in [0.5, 0.6) is 0 Å². The average Bonchev–Trinajstić information content (AvgIpc) is 3.10. The van der Waals surface area contributed by atoms with Crippen LogP contribution in [0.4, 0.5) is 0 Å². The van der Waals surface area contributed by atoms with Gasteiger partial charge in [-0.3, -0.25) is 0 Å². The Morgan fingerprint density at radius 3 is 0.608 bits per heavy atom. The Labute approximate surface area is 332 Å². The van der Waals surface area contributed by atoms with Gasteiger partial charge in [0, 0.05) is 17.9 Å². The summed E-state index contributed by atoms with van der Waals surface area (Å²) in [7, 11) is 0. The molecule has 0 aromatic rings. The molecule has 51 heavy (non-hydrogen) atoms. The Morgan fingerprint density at radius 1 is 0.294 bits per heavy atom. The minimum absolute atomic E-state index is 0.232. The molecule has 0 atom stereocenters. The van der Waals surface area contributed by atoms with Crippen molar-refractivity contribution in [2.75, 3.05) is 0 Å². The molecular formula is C44H86O6Sn. The van der Waals surface area contributed by atoms with Gasteiger partial charge in [0.1, 0.15) is 0 Å². The normalized spacial score (nSPS) is 10.3. The van der Waals surface area contributed by atoms with E-state index in [1.54, 1.807) is 22.5 Å². The maximum absolute atomic E-state index is 10.1. The number of unbranched alkanes of at least 4 members (excludes halogenated alkanes) is 29. The van der Waals surface area contributed by atoms with Crippen LogP contribution >= 0.6 is 0 Å². The van der Waals surface area contributed by atoms with Gasteiger partial charge < -0.3 is 29.7 Å². The molecule has 0 saturated heterocycles. The van der Waals surface area contributed by atoms with Gasteiger partial charge in [0.05, 0.1) is 0 Å². The molecule has 0 bridgehead atoms. The first-order valence-corrected chi connectivity index (χ1v) is 24.0. The maximum atomic E-state index is 10.1. The predicted molar refractivity (Wildman–Crippen MR) is 214 cm³/mol. The summed E-state index contributed by atoms with van der Waals surface area (Å²) in [5.74, 6) is -2.73. The van der Waals surface area contributed by atoms with Gasteiger partial charge in [-0.05, 0) is 38.5 Å². The number of rotatable bonds is 36. The molecule has 0 amide bonds. The molecule has 0 aliphatic heterocycles. The number of carbonyl (C=O) groups is 3. The number of hydrogen-bond donors (Lipinski definition) is 0. The second kappa shape index (κ2) is 56.0. The zero-order valence-electron chi connectivity index (χ0n) is 34.6. The van der Waals surface area contributed by atoms with Gasteiger partial charge in [-0.25, -0.2) is 0 Å². The molecule has 0 fully saturated rings. The second-order valence-electron chi connectivity index (χ2n) is 14.4. The summed E-state index contributed by atoms with van der Waals surface area (Å²) in [6, 6.07) is 0. The summed E-state index contributed by atoms with van der Waals surface area (Å²) in [6.07, 6.45) is 42.2. The van der Waals surface area contributed by atoms with Crippen LogP contribution in [0.2, 0.25) is 4.44 Å². The Bertz CT molecular complexity index is 575. The van der Waals surface area contributed by atoms with Crippen molar-refractivity contribution in [2.24, 2.45) is 0 Å². The molecule has 0 aliphatic carbocycles. The summed E-state index contributed by atoms with van der Waals surface area (Å²) < 4.78 is 1.46. The van der Waals surface area contributed by atoms with E-state index in [1.165, 1.54) is 178 Å². The summed E-state index contributed by atoms with van der Waals surface area (Å²) in [4.78, 5) is 30.3. The summed E-state index contributed by atoms with van der Waals surface area (Å²) in [6.45, 7) is 8.93. The van der Waals surface area contributed by atoms with Crippen LogP contribution in [0.3, 0.4) is 0 Å². The SMILES string of the molecule is CCCCCCCCCCCC(=O)[O-].CCCCCCCCCCCC(=O)[O-].CCCCCCCCCCCC(=O)[O-].CCCCCCC[CH2][Sn+3]. The molecule has 0 heterocycles. The van der Waals surface area contributed by atoms with Gasteiger partial charge >= 0.3 is 72.4 Å². The number of carboxylic acids is 3.